The van der Waals surface area contributed by atoms with Crippen molar-refractivity contribution >= 4 is 5.71 Å². The van der Waals surface area contributed by atoms with Gasteiger partial charge in [0.05, 0.1) is 12.3 Å². The standard InChI is InChI=1S/C21H21N3O2/c1-24(2)13-17-12-19(14-7-9-22-10-8-14)21(26-17)16-3-5-18-15(11-16)4-6-20(18)23-25/h3,5,7-12,25H,4,6,13H2,1-2H3/b23-20+. The third kappa shape index (κ3) is 3.02. The van der Waals surface area contributed by atoms with Crippen molar-refractivity contribution in [3.05, 3.63) is 65.7 Å². The number of aryl methyl sites for hydroxylation is 1. The van der Waals surface area contributed by atoms with Crippen molar-refractivity contribution in [2.24, 2.45) is 5.16 Å². The maximum Gasteiger partial charge on any atom is 0.142 e. The van der Waals surface area contributed by atoms with Crippen LogP contribution >= 0.6 is 0 Å². The summed E-state index contributed by atoms with van der Waals surface area (Å²) in [5.41, 5.74) is 6.18. The zero-order valence-corrected chi connectivity index (χ0v) is 14.9. The van der Waals surface area contributed by atoms with E-state index in [1.807, 2.05) is 38.4 Å². The van der Waals surface area contributed by atoms with Gasteiger partial charge in [-0.05, 0) is 62.3 Å². The van der Waals surface area contributed by atoms with Gasteiger partial charge in [-0.25, -0.2) is 0 Å². The Labute approximate surface area is 152 Å². The Morgan fingerprint density at radius 3 is 2.58 bits per heavy atom. The zero-order valence-electron chi connectivity index (χ0n) is 14.9. The van der Waals surface area contributed by atoms with Gasteiger partial charge < -0.3 is 14.5 Å². The molecule has 0 saturated carbocycles. The molecule has 0 amide bonds. The summed E-state index contributed by atoms with van der Waals surface area (Å²) in [7, 11) is 4.05. The first-order valence-electron chi connectivity index (χ1n) is 8.68. The van der Waals surface area contributed by atoms with Gasteiger partial charge in [0.15, 0.2) is 0 Å². The normalized spacial score (nSPS) is 15.0. The van der Waals surface area contributed by atoms with E-state index in [0.29, 0.717) is 0 Å². The average Bonchev–Trinajstić information content (AvgIpc) is 3.25. The minimum Gasteiger partial charge on any atom is -0.459 e. The highest BCUT2D eigenvalue weighted by molar-refractivity contribution is 6.04. The lowest BCUT2D eigenvalue weighted by Crippen LogP contribution is -2.09. The molecule has 0 unspecified atom stereocenters. The Morgan fingerprint density at radius 2 is 1.85 bits per heavy atom. The fraction of sp³-hybridized carbons (Fsp3) is 0.238. The first-order valence-corrected chi connectivity index (χ1v) is 8.68. The predicted octanol–water partition coefficient (Wildman–Crippen LogP) is 4.19. The Kier molecular flexibility index (Phi) is 4.31. The van der Waals surface area contributed by atoms with Crippen LogP contribution in [-0.4, -0.2) is 34.9 Å². The molecule has 0 bridgehead atoms. The summed E-state index contributed by atoms with van der Waals surface area (Å²) in [6.07, 6.45) is 5.25. The summed E-state index contributed by atoms with van der Waals surface area (Å²) < 4.78 is 6.24. The van der Waals surface area contributed by atoms with Gasteiger partial charge >= 0.3 is 0 Å². The minimum absolute atomic E-state index is 0.740. The molecule has 3 aromatic rings. The van der Waals surface area contributed by atoms with E-state index in [-0.39, 0.29) is 0 Å². The van der Waals surface area contributed by atoms with Crippen LogP contribution in [0, 0.1) is 0 Å². The summed E-state index contributed by atoms with van der Waals surface area (Å²) in [4.78, 5) is 6.21. The molecule has 4 rings (SSSR count). The van der Waals surface area contributed by atoms with Gasteiger partial charge in [0.25, 0.3) is 0 Å². The maximum absolute atomic E-state index is 9.14. The van der Waals surface area contributed by atoms with E-state index < -0.39 is 0 Å². The summed E-state index contributed by atoms with van der Waals surface area (Å²) in [5.74, 6) is 1.79. The third-order valence-electron chi connectivity index (χ3n) is 4.68. The number of aromatic nitrogens is 1. The highest BCUT2D eigenvalue weighted by atomic mass is 16.4. The topological polar surface area (TPSA) is 61.9 Å². The van der Waals surface area contributed by atoms with E-state index in [1.165, 1.54) is 5.56 Å². The Balaban J connectivity index is 1.82. The van der Waals surface area contributed by atoms with Crippen molar-refractivity contribution in [2.75, 3.05) is 14.1 Å². The van der Waals surface area contributed by atoms with Crippen LogP contribution in [0.15, 0.2) is 58.4 Å². The summed E-state index contributed by atoms with van der Waals surface area (Å²) in [6, 6.07) is 12.3. The highest BCUT2D eigenvalue weighted by Crippen LogP contribution is 2.37. The molecule has 1 N–H and O–H groups in total. The zero-order chi connectivity index (χ0) is 18.1. The first kappa shape index (κ1) is 16.5. The van der Waals surface area contributed by atoms with Crippen molar-refractivity contribution < 1.29 is 9.62 Å². The molecule has 5 heteroatoms. The molecule has 132 valence electrons. The van der Waals surface area contributed by atoms with Gasteiger partial charge in [-0.1, -0.05) is 17.3 Å². The smallest absolute Gasteiger partial charge is 0.142 e. The van der Waals surface area contributed by atoms with Crippen LogP contribution in [0.3, 0.4) is 0 Å². The second-order valence-electron chi connectivity index (χ2n) is 6.85. The van der Waals surface area contributed by atoms with Gasteiger partial charge in [0.1, 0.15) is 11.5 Å². The molecule has 2 heterocycles. The van der Waals surface area contributed by atoms with Crippen LogP contribution in [0.1, 0.15) is 23.3 Å². The van der Waals surface area contributed by atoms with Crippen LogP contribution in [0.5, 0.6) is 0 Å². The molecule has 0 spiro atoms. The minimum atomic E-state index is 0.740. The number of hydrogen-bond acceptors (Lipinski definition) is 5. The highest BCUT2D eigenvalue weighted by Gasteiger charge is 2.21. The van der Waals surface area contributed by atoms with Crippen LogP contribution in [-0.2, 0) is 13.0 Å². The molecule has 0 atom stereocenters. The van der Waals surface area contributed by atoms with E-state index in [9.17, 15) is 0 Å². The van der Waals surface area contributed by atoms with Crippen LogP contribution < -0.4 is 0 Å². The monoisotopic (exact) mass is 347 g/mol. The number of hydrogen-bond donors (Lipinski definition) is 1. The number of benzene rings is 1. The van der Waals surface area contributed by atoms with Crippen molar-refractivity contribution in [1.82, 2.24) is 9.88 Å². The van der Waals surface area contributed by atoms with Crippen molar-refractivity contribution in [3.63, 3.8) is 0 Å². The molecule has 0 radical (unpaired) electrons. The molecule has 0 fully saturated rings. The van der Waals surface area contributed by atoms with Crippen LogP contribution in [0.2, 0.25) is 0 Å². The lowest BCUT2D eigenvalue weighted by Gasteiger charge is -2.07. The number of rotatable bonds is 4. The van der Waals surface area contributed by atoms with Crippen molar-refractivity contribution in [1.29, 1.82) is 0 Å². The third-order valence-corrected chi connectivity index (χ3v) is 4.68. The number of nitrogens with zero attached hydrogens (tertiary/aromatic N) is 3. The van der Waals surface area contributed by atoms with Crippen molar-refractivity contribution in [3.8, 4) is 22.5 Å². The molecular formula is C21H21N3O2. The number of furan rings is 1. The Morgan fingerprint density at radius 1 is 1.04 bits per heavy atom. The molecule has 1 aromatic carbocycles. The summed E-state index contributed by atoms with van der Waals surface area (Å²) in [6.45, 7) is 0.740. The van der Waals surface area contributed by atoms with Gasteiger partial charge in [0, 0.05) is 29.1 Å². The van der Waals surface area contributed by atoms with E-state index >= 15 is 0 Å². The number of fused-ring (bicyclic) bond motifs is 1. The van der Waals surface area contributed by atoms with Gasteiger partial charge in [0.2, 0.25) is 0 Å². The van der Waals surface area contributed by atoms with Gasteiger partial charge in [-0.3, -0.25) is 4.98 Å². The fourth-order valence-electron chi connectivity index (χ4n) is 3.51. The molecular weight excluding hydrogens is 326 g/mol. The summed E-state index contributed by atoms with van der Waals surface area (Å²) >= 11 is 0. The maximum atomic E-state index is 9.14. The molecule has 1 aliphatic carbocycles. The second kappa shape index (κ2) is 6.77. The lowest BCUT2D eigenvalue weighted by atomic mass is 9.99. The van der Waals surface area contributed by atoms with E-state index in [2.05, 4.69) is 27.2 Å². The average molecular weight is 347 g/mol. The molecule has 2 aromatic heterocycles. The van der Waals surface area contributed by atoms with Gasteiger partial charge in [-0.2, -0.15) is 0 Å². The lowest BCUT2D eigenvalue weighted by molar-refractivity contribution is 0.318. The largest absolute Gasteiger partial charge is 0.459 e. The first-order chi connectivity index (χ1) is 12.7. The Bertz CT molecular complexity index is 959. The Hall–Kier alpha value is -2.92. The molecule has 0 saturated heterocycles. The fourth-order valence-corrected chi connectivity index (χ4v) is 3.51. The molecule has 1 aliphatic rings. The van der Waals surface area contributed by atoms with E-state index in [1.54, 1.807) is 12.4 Å². The molecule has 5 nitrogen and oxygen atoms in total. The van der Waals surface area contributed by atoms with E-state index in [0.717, 1.165) is 58.9 Å². The van der Waals surface area contributed by atoms with Crippen LogP contribution in [0.25, 0.3) is 22.5 Å². The summed E-state index contributed by atoms with van der Waals surface area (Å²) in [5, 5.41) is 12.6. The van der Waals surface area contributed by atoms with Crippen molar-refractivity contribution in [2.45, 2.75) is 19.4 Å². The molecule has 0 aliphatic heterocycles. The quantitative estimate of drug-likeness (QED) is 0.568. The van der Waals surface area contributed by atoms with E-state index in [4.69, 9.17) is 9.62 Å². The SMILES string of the molecule is CN(C)Cc1cc(-c2ccncc2)c(-c2ccc3c(c2)CC/C3=N\O)o1. The number of oxime groups is 1. The van der Waals surface area contributed by atoms with Gasteiger partial charge in [-0.15, -0.1) is 0 Å². The predicted molar refractivity (Wildman–Crippen MR) is 101 cm³/mol. The molecule has 26 heavy (non-hydrogen) atoms. The second-order valence-corrected chi connectivity index (χ2v) is 6.85. The van der Waals surface area contributed by atoms with Crippen LogP contribution in [0.4, 0.5) is 0 Å². The number of pyridine rings is 1.